The first-order valence-corrected chi connectivity index (χ1v) is 10.1. The predicted molar refractivity (Wildman–Crippen MR) is 115 cm³/mol. The third kappa shape index (κ3) is 2.89. The highest BCUT2D eigenvalue weighted by molar-refractivity contribution is 6.11. The summed E-state index contributed by atoms with van der Waals surface area (Å²) in [6.07, 6.45) is 0.945. The molecule has 9 heteroatoms. The summed E-state index contributed by atoms with van der Waals surface area (Å²) >= 11 is 0. The number of urea groups is 1. The van der Waals surface area contributed by atoms with Gasteiger partial charge in [0.25, 0.3) is 5.91 Å². The number of hydrogen-bond acceptors (Lipinski definition) is 6. The Morgan fingerprint density at radius 1 is 1.06 bits per heavy atom. The van der Waals surface area contributed by atoms with E-state index >= 15 is 0 Å². The Morgan fingerprint density at radius 3 is 2.47 bits per heavy atom. The third-order valence-corrected chi connectivity index (χ3v) is 5.88. The number of anilines is 1. The summed E-state index contributed by atoms with van der Waals surface area (Å²) in [7, 11) is 1.54. The van der Waals surface area contributed by atoms with Gasteiger partial charge in [0.05, 0.1) is 12.2 Å². The van der Waals surface area contributed by atoms with E-state index in [1.165, 1.54) is 11.0 Å². The fourth-order valence-electron chi connectivity index (χ4n) is 4.29. The van der Waals surface area contributed by atoms with Crippen molar-refractivity contribution in [3.05, 3.63) is 77.9 Å². The second kappa shape index (κ2) is 7.30. The normalized spacial score (nSPS) is 22.1. The largest absolute Gasteiger partial charge is 0.328 e. The van der Waals surface area contributed by atoms with Crippen molar-refractivity contribution in [1.29, 1.82) is 0 Å². The van der Waals surface area contributed by atoms with Gasteiger partial charge in [0.15, 0.2) is 18.0 Å². The fraction of sp³-hybridized carbons (Fsp3) is 0.217. The molecule has 2 aromatic carbocycles. The Hall–Kier alpha value is -4.01. The summed E-state index contributed by atoms with van der Waals surface area (Å²) < 4.78 is 14.5. The molecule has 0 aliphatic carbocycles. The summed E-state index contributed by atoms with van der Waals surface area (Å²) in [5.74, 6) is -0.905. The molecule has 0 saturated carbocycles. The van der Waals surface area contributed by atoms with Crippen LogP contribution in [0.25, 0.3) is 0 Å². The number of rotatable bonds is 4. The van der Waals surface area contributed by atoms with Gasteiger partial charge < -0.3 is 9.80 Å². The highest BCUT2D eigenvalue weighted by Crippen LogP contribution is 2.37. The van der Waals surface area contributed by atoms with Crippen LogP contribution in [-0.2, 0) is 4.79 Å². The van der Waals surface area contributed by atoms with E-state index in [0.29, 0.717) is 22.9 Å². The van der Waals surface area contributed by atoms with Crippen LogP contribution in [0, 0.1) is 5.82 Å². The average Bonchev–Trinajstić information content (AvgIpc) is 3.31. The molecule has 2 aromatic rings. The number of carbonyl (C=O) groups is 3. The molecule has 2 atom stereocenters. The minimum Gasteiger partial charge on any atom is -0.302 e. The maximum atomic E-state index is 14.5. The number of carbonyl (C=O) groups excluding carboxylic acids is 3. The molecule has 1 saturated heterocycles. The van der Waals surface area contributed by atoms with Crippen LogP contribution in [0.4, 0.5) is 14.9 Å². The van der Waals surface area contributed by atoms with Gasteiger partial charge in [-0.3, -0.25) is 19.4 Å². The Kier molecular flexibility index (Phi) is 4.54. The first kappa shape index (κ1) is 19.9. The minimum atomic E-state index is -0.831. The molecule has 5 rings (SSSR count). The lowest BCUT2D eigenvalue weighted by Gasteiger charge is -2.39. The molecule has 1 fully saturated rings. The number of amides is 3. The van der Waals surface area contributed by atoms with Crippen molar-refractivity contribution in [1.82, 2.24) is 14.7 Å². The number of aliphatic imine (C=N–C) groups is 1. The van der Waals surface area contributed by atoms with Crippen LogP contribution in [-0.4, -0.2) is 64.2 Å². The highest BCUT2D eigenvalue weighted by atomic mass is 19.1. The molecule has 32 heavy (non-hydrogen) atoms. The van der Waals surface area contributed by atoms with Crippen molar-refractivity contribution >= 4 is 29.4 Å². The van der Waals surface area contributed by atoms with Gasteiger partial charge in [0, 0.05) is 24.5 Å². The smallest absolute Gasteiger partial charge is 0.302 e. The molecular formula is C23H20FN5O3. The van der Waals surface area contributed by atoms with Crippen molar-refractivity contribution in [2.75, 3.05) is 18.5 Å². The van der Waals surface area contributed by atoms with Gasteiger partial charge in [-0.25, -0.2) is 14.2 Å². The highest BCUT2D eigenvalue weighted by Gasteiger charge is 2.54. The Bertz CT molecular complexity index is 1200. The molecule has 162 valence electrons. The van der Waals surface area contributed by atoms with E-state index in [-0.39, 0.29) is 12.3 Å². The molecule has 3 heterocycles. The van der Waals surface area contributed by atoms with Crippen LogP contribution in [0.3, 0.4) is 0 Å². The molecule has 3 amide bonds. The van der Waals surface area contributed by atoms with E-state index in [1.807, 2.05) is 0 Å². The molecule has 0 N–H and O–H groups in total. The molecular weight excluding hydrogens is 413 g/mol. The van der Waals surface area contributed by atoms with Crippen LogP contribution in [0.15, 0.2) is 71.5 Å². The van der Waals surface area contributed by atoms with E-state index in [9.17, 15) is 18.8 Å². The molecule has 0 spiro atoms. The van der Waals surface area contributed by atoms with Gasteiger partial charge in [-0.1, -0.05) is 42.5 Å². The number of likely N-dealkylation sites (N-methyl/N-ethyl adjacent to an activating group) is 1. The number of benzene rings is 2. The van der Waals surface area contributed by atoms with E-state index in [1.54, 1.807) is 78.5 Å². The zero-order valence-electron chi connectivity index (χ0n) is 17.5. The van der Waals surface area contributed by atoms with Crippen LogP contribution < -0.4 is 4.90 Å². The lowest BCUT2D eigenvalue weighted by Crippen LogP contribution is -2.65. The number of allylic oxidation sites excluding steroid dienone is 1. The molecule has 0 radical (unpaired) electrons. The number of hydrogen-bond donors (Lipinski definition) is 0. The van der Waals surface area contributed by atoms with Gasteiger partial charge in [-0.2, -0.15) is 0 Å². The van der Waals surface area contributed by atoms with Gasteiger partial charge in [-0.15, -0.1) is 0 Å². The zero-order valence-corrected chi connectivity index (χ0v) is 17.5. The number of guanidine groups is 1. The topological polar surface area (TPSA) is 76.5 Å². The third-order valence-electron chi connectivity index (χ3n) is 5.88. The zero-order chi connectivity index (χ0) is 22.6. The minimum absolute atomic E-state index is 0.304. The second-order valence-electron chi connectivity index (χ2n) is 7.86. The first-order chi connectivity index (χ1) is 15.4. The van der Waals surface area contributed by atoms with Gasteiger partial charge >= 0.3 is 6.03 Å². The number of para-hydroxylation sites is 1. The number of Topliss-reactive ketones (excluding diaryl/α,β-unsaturated/α-hetero) is 1. The Morgan fingerprint density at radius 2 is 1.75 bits per heavy atom. The predicted octanol–water partition coefficient (Wildman–Crippen LogP) is 2.65. The molecule has 3 aliphatic heterocycles. The Labute approximate surface area is 183 Å². The summed E-state index contributed by atoms with van der Waals surface area (Å²) in [5.41, 5.74) is 1.41. The standard InChI is InChI=1S/C23H20FN5O3/c1-14-12-27-19-20(25-22(27)29(14)17-11-7-6-10-16(17)24)26(2)23(32)28(21(19)31)13-18(30)15-8-4-3-5-9-15/h3-12,19-20H,13H2,1-2H3. The van der Waals surface area contributed by atoms with Crippen LogP contribution in [0.1, 0.15) is 17.3 Å². The lowest BCUT2D eigenvalue weighted by atomic mass is 10.1. The number of nitrogens with zero attached hydrogens (tertiary/aromatic N) is 5. The van der Waals surface area contributed by atoms with Crippen molar-refractivity contribution in [3.8, 4) is 0 Å². The summed E-state index contributed by atoms with van der Waals surface area (Å²) in [4.78, 5) is 49.2. The van der Waals surface area contributed by atoms with E-state index in [4.69, 9.17) is 0 Å². The quantitative estimate of drug-likeness (QED) is 0.693. The molecule has 0 aromatic heterocycles. The summed E-state index contributed by atoms with van der Waals surface area (Å²) in [6.45, 7) is 1.43. The van der Waals surface area contributed by atoms with Crippen LogP contribution in [0.5, 0.6) is 0 Å². The molecule has 3 aliphatic rings. The number of halogens is 1. The van der Waals surface area contributed by atoms with Gasteiger partial charge in [0.2, 0.25) is 5.96 Å². The first-order valence-electron chi connectivity index (χ1n) is 10.1. The van der Waals surface area contributed by atoms with Crippen molar-refractivity contribution in [3.63, 3.8) is 0 Å². The summed E-state index contributed by atoms with van der Waals surface area (Å²) in [6, 6.07) is 13.4. The maximum absolute atomic E-state index is 14.5. The van der Waals surface area contributed by atoms with E-state index < -0.39 is 30.0 Å². The second-order valence-corrected chi connectivity index (χ2v) is 7.86. The fourth-order valence-corrected chi connectivity index (χ4v) is 4.29. The van der Waals surface area contributed by atoms with Gasteiger partial charge in [-0.05, 0) is 19.1 Å². The van der Waals surface area contributed by atoms with Crippen molar-refractivity contribution in [2.45, 2.75) is 19.1 Å². The number of ketones is 1. The van der Waals surface area contributed by atoms with Crippen LogP contribution >= 0.6 is 0 Å². The van der Waals surface area contributed by atoms with E-state index in [2.05, 4.69) is 4.99 Å². The lowest BCUT2D eigenvalue weighted by molar-refractivity contribution is -0.136. The van der Waals surface area contributed by atoms with Crippen LogP contribution in [0.2, 0.25) is 0 Å². The van der Waals surface area contributed by atoms with Crippen molar-refractivity contribution in [2.24, 2.45) is 4.99 Å². The van der Waals surface area contributed by atoms with Crippen molar-refractivity contribution < 1.29 is 18.8 Å². The number of fused-ring (bicyclic) bond motifs is 3. The van der Waals surface area contributed by atoms with Gasteiger partial charge in [0.1, 0.15) is 5.82 Å². The maximum Gasteiger partial charge on any atom is 0.328 e. The average molecular weight is 433 g/mol. The monoisotopic (exact) mass is 433 g/mol. The van der Waals surface area contributed by atoms with E-state index in [0.717, 1.165) is 4.90 Å². The Balaban J connectivity index is 1.46. The molecule has 0 bridgehead atoms. The number of imide groups is 1. The summed E-state index contributed by atoms with van der Waals surface area (Å²) in [5, 5.41) is 0. The molecule has 8 nitrogen and oxygen atoms in total. The molecule has 2 unspecified atom stereocenters. The SMILES string of the molecule is CC1=CN2C(=NC3C2C(=O)N(CC(=O)c2ccccc2)C(=O)N3C)N1c1ccccc1F.